The van der Waals surface area contributed by atoms with Crippen LogP contribution < -0.4 is 4.74 Å². The molecule has 2 aliphatic carbocycles. The summed E-state index contributed by atoms with van der Waals surface area (Å²) in [6, 6.07) is 29.4. The van der Waals surface area contributed by atoms with Gasteiger partial charge in [0.1, 0.15) is 5.75 Å². The van der Waals surface area contributed by atoms with Crippen LogP contribution in [0.15, 0.2) is 78.9 Å². The molecule has 2 heterocycles. The molecule has 8 rings (SSSR count). The number of benzene rings is 4. The summed E-state index contributed by atoms with van der Waals surface area (Å²) in [5, 5.41) is 2.68. The second kappa shape index (κ2) is 7.77. The molecule has 0 saturated heterocycles. The average molecular weight is 525 g/mol. The fourth-order valence-electron chi connectivity index (χ4n) is 7.42. The Morgan fingerprint density at radius 1 is 0.692 bits per heavy atom. The smallest absolute Gasteiger partial charge is 0.153 e. The van der Waals surface area contributed by atoms with E-state index in [4.69, 9.17) is 4.74 Å². The summed E-state index contributed by atoms with van der Waals surface area (Å²) in [5.41, 5.74) is 16.5. The molecule has 0 atom stereocenters. The maximum Gasteiger partial charge on any atom is 0.153 e. The number of hydrogen-bond donors (Lipinski definition) is 0. The highest BCUT2D eigenvalue weighted by atomic mass is 28.3. The average Bonchev–Trinajstić information content (AvgIpc) is 3.64. The van der Waals surface area contributed by atoms with Gasteiger partial charge in [-0.15, -0.1) is 0 Å². The Morgan fingerprint density at radius 2 is 1.41 bits per heavy atom. The number of rotatable bonds is 3. The van der Waals surface area contributed by atoms with Crippen LogP contribution in [-0.4, -0.2) is 24.1 Å². The van der Waals surface area contributed by atoms with Crippen LogP contribution in [0.4, 0.5) is 0 Å². The third-order valence-electron chi connectivity index (χ3n) is 8.95. The zero-order valence-electron chi connectivity index (χ0n) is 23.2. The van der Waals surface area contributed by atoms with Crippen LogP contribution in [0.1, 0.15) is 22.5 Å². The SMILES string of the molecule is COc1cc(-c2ccc3c(c2)Cc2c-3c3ccccc3n2[Si](C)(C)C)c2c(c1)c1c(n2C)Cc2ccccc2-1. The van der Waals surface area contributed by atoms with Crippen molar-refractivity contribution in [2.24, 2.45) is 7.05 Å². The molecule has 4 aromatic carbocycles. The van der Waals surface area contributed by atoms with Gasteiger partial charge in [-0.2, -0.15) is 0 Å². The van der Waals surface area contributed by atoms with Crippen molar-refractivity contribution in [3.63, 3.8) is 0 Å². The van der Waals surface area contributed by atoms with Gasteiger partial charge in [0, 0.05) is 64.3 Å². The number of aryl methyl sites for hydroxylation is 1. The van der Waals surface area contributed by atoms with Crippen molar-refractivity contribution in [1.29, 1.82) is 0 Å². The van der Waals surface area contributed by atoms with Crippen molar-refractivity contribution in [1.82, 2.24) is 8.80 Å². The summed E-state index contributed by atoms with van der Waals surface area (Å²) in [5.74, 6) is 0.912. The molecule has 0 fully saturated rings. The highest BCUT2D eigenvalue weighted by Gasteiger charge is 2.32. The predicted molar refractivity (Wildman–Crippen MR) is 166 cm³/mol. The molecule has 0 spiro atoms. The first-order chi connectivity index (χ1) is 18.8. The van der Waals surface area contributed by atoms with Crippen LogP contribution >= 0.6 is 0 Å². The summed E-state index contributed by atoms with van der Waals surface area (Å²) in [6.07, 6.45) is 1.97. The van der Waals surface area contributed by atoms with E-state index in [1.165, 1.54) is 77.7 Å². The zero-order chi connectivity index (χ0) is 26.6. The molecule has 0 radical (unpaired) electrons. The molecule has 0 aliphatic heterocycles. The van der Waals surface area contributed by atoms with Gasteiger partial charge in [0.25, 0.3) is 0 Å². The second-order valence-electron chi connectivity index (χ2n) is 12.2. The molecule has 0 saturated carbocycles. The largest absolute Gasteiger partial charge is 0.497 e. The van der Waals surface area contributed by atoms with Crippen molar-refractivity contribution in [2.75, 3.05) is 7.11 Å². The molecule has 0 amide bonds. The van der Waals surface area contributed by atoms with Crippen molar-refractivity contribution in [3.05, 3.63) is 101 Å². The first-order valence-corrected chi connectivity index (χ1v) is 17.3. The van der Waals surface area contributed by atoms with Gasteiger partial charge < -0.3 is 13.5 Å². The van der Waals surface area contributed by atoms with Crippen LogP contribution in [-0.2, 0) is 19.9 Å². The lowest BCUT2D eigenvalue weighted by Gasteiger charge is -2.23. The Labute approximate surface area is 230 Å². The van der Waals surface area contributed by atoms with Crippen LogP contribution in [0.5, 0.6) is 5.75 Å². The third kappa shape index (κ3) is 3.04. The van der Waals surface area contributed by atoms with E-state index < -0.39 is 8.24 Å². The molecule has 192 valence electrons. The number of aromatic nitrogens is 2. The van der Waals surface area contributed by atoms with Gasteiger partial charge in [-0.3, -0.25) is 0 Å². The molecule has 0 N–H and O–H groups in total. The first-order valence-electron chi connectivity index (χ1n) is 13.9. The van der Waals surface area contributed by atoms with E-state index in [0.29, 0.717) is 0 Å². The number of fused-ring (bicyclic) bond motifs is 10. The van der Waals surface area contributed by atoms with Crippen LogP contribution in [0.3, 0.4) is 0 Å². The zero-order valence-corrected chi connectivity index (χ0v) is 24.2. The molecule has 0 bridgehead atoms. The molecular formula is C35H32N2OSi. The van der Waals surface area contributed by atoms with Gasteiger partial charge >= 0.3 is 0 Å². The summed E-state index contributed by atoms with van der Waals surface area (Å²) >= 11 is 0. The van der Waals surface area contributed by atoms with Crippen molar-refractivity contribution >= 4 is 30.0 Å². The monoisotopic (exact) mass is 524 g/mol. The summed E-state index contributed by atoms with van der Waals surface area (Å²) in [4.78, 5) is 0. The molecule has 3 nitrogen and oxygen atoms in total. The molecular weight excluding hydrogens is 492 g/mol. The van der Waals surface area contributed by atoms with Crippen LogP contribution in [0, 0.1) is 0 Å². The van der Waals surface area contributed by atoms with Crippen molar-refractivity contribution in [3.8, 4) is 39.1 Å². The minimum atomic E-state index is -1.61. The highest BCUT2D eigenvalue weighted by Crippen LogP contribution is 2.49. The predicted octanol–water partition coefficient (Wildman–Crippen LogP) is 8.63. The van der Waals surface area contributed by atoms with E-state index in [1.54, 1.807) is 7.11 Å². The maximum absolute atomic E-state index is 5.87. The van der Waals surface area contributed by atoms with Gasteiger partial charge in [-0.1, -0.05) is 80.3 Å². The molecule has 4 heteroatoms. The highest BCUT2D eigenvalue weighted by molar-refractivity contribution is 6.75. The quantitative estimate of drug-likeness (QED) is 0.212. The van der Waals surface area contributed by atoms with Gasteiger partial charge in [-0.05, 0) is 46.0 Å². The van der Waals surface area contributed by atoms with Crippen LogP contribution in [0.2, 0.25) is 19.6 Å². The van der Waals surface area contributed by atoms with Crippen molar-refractivity contribution < 1.29 is 4.74 Å². The standard InChI is InChI=1S/C35H32N2OSi/c1-36-31-17-21-10-6-7-11-25(21)34(31)29-20-24(38-2)19-28(35(29)36)22-14-15-26-23(16-22)18-32-33(26)27-12-8-9-13-30(27)37(32)39(3,4)5/h6-16,19-20H,17-18H2,1-5H3. The second-order valence-corrected chi connectivity index (χ2v) is 17.0. The summed E-state index contributed by atoms with van der Waals surface area (Å²) < 4.78 is 11.0. The number of para-hydroxylation sites is 1. The van der Waals surface area contributed by atoms with Gasteiger partial charge in [0.2, 0.25) is 0 Å². The first kappa shape index (κ1) is 22.9. The fraction of sp³-hybridized carbons (Fsp3) is 0.200. The maximum atomic E-state index is 5.87. The Hall–Kier alpha value is -4.02. The molecule has 2 aromatic heterocycles. The van der Waals surface area contributed by atoms with E-state index in [1.807, 2.05) is 0 Å². The molecule has 39 heavy (non-hydrogen) atoms. The summed E-state index contributed by atoms with van der Waals surface area (Å²) in [6.45, 7) is 7.36. The minimum Gasteiger partial charge on any atom is -0.497 e. The van der Waals surface area contributed by atoms with E-state index in [-0.39, 0.29) is 0 Å². The van der Waals surface area contributed by atoms with Gasteiger partial charge in [-0.25, -0.2) is 0 Å². The van der Waals surface area contributed by atoms with E-state index >= 15 is 0 Å². The number of ether oxygens (including phenoxy) is 1. The number of methoxy groups -OCH3 is 1. The van der Waals surface area contributed by atoms with Crippen molar-refractivity contribution in [2.45, 2.75) is 32.5 Å². The number of nitrogens with zero attached hydrogens (tertiary/aromatic N) is 2. The molecule has 6 aromatic rings. The minimum absolute atomic E-state index is 0.912. The summed E-state index contributed by atoms with van der Waals surface area (Å²) in [7, 11) is 2.40. The normalized spacial score (nSPS) is 13.6. The number of hydrogen-bond acceptors (Lipinski definition) is 1. The Bertz CT molecular complexity index is 2000. The van der Waals surface area contributed by atoms with E-state index in [9.17, 15) is 0 Å². The Kier molecular flexibility index (Phi) is 4.56. The Morgan fingerprint density at radius 3 is 2.23 bits per heavy atom. The fourth-order valence-corrected chi connectivity index (χ4v) is 9.34. The Balaban J connectivity index is 1.35. The topological polar surface area (TPSA) is 19.1 Å². The lowest BCUT2D eigenvalue weighted by Crippen LogP contribution is -2.33. The van der Waals surface area contributed by atoms with Gasteiger partial charge in [0.05, 0.1) is 12.6 Å². The van der Waals surface area contributed by atoms with E-state index in [2.05, 4.69) is 114 Å². The molecule has 0 unspecified atom stereocenters. The lowest BCUT2D eigenvalue weighted by atomic mass is 9.95. The molecule has 2 aliphatic rings. The van der Waals surface area contributed by atoms with Gasteiger partial charge in [0.15, 0.2) is 8.24 Å². The van der Waals surface area contributed by atoms with E-state index in [0.717, 1.165) is 18.6 Å². The van der Waals surface area contributed by atoms with Crippen LogP contribution in [0.25, 0.3) is 55.2 Å². The third-order valence-corrected chi connectivity index (χ3v) is 10.8. The lowest BCUT2D eigenvalue weighted by molar-refractivity contribution is 0.415.